The van der Waals surface area contributed by atoms with Crippen molar-refractivity contribution in [3.8, 4) is 11.4 Å². The number of methoxy groups -OCH3 is 1. The monoisotopic (exact) mass is 515 g/mol. The molecular formula is C27H22FN5O3S. The number of anilines is 1. The molecule has 0 spiro atoms. The third-order valence-corrected chi connectivity index (χ3v) is 6.38. The molecule has 10 heteroatoms. The first kappa shape index (κ1) is 24.3. The summed E-state index contributed by atoms with van der Waals surface area (Å²) in [5, 5.41) is 12.0. The fourth-order valence-electron chi connectivity index (χ4n) is 3.63. The molecule has 0 saturated carbocycles. The van der Waals surface area contributed by atoms with Gasteiger partial charge in [0.2, 0.25) is 5.89 Å². The molecule has 2 aromatic heterocycles. The van der Waals surface area contributed by atoms with Gasteiger partial charge in [0.25, 0.3) is 5.91 Å². The van der Waals surface area contributed by atoms with E-state index in [0.717, 1.165) is 22.8 Å². The maximum absolute atomic E-state index is 13.9. The van der Waals surface area contributed by atoms with Crippen molar-refractivity contribution < 1.29 is 18.3 Å². The molecule has 1 N–H and O–H groups in total. The Morgan fingerprint density at radius 1 is 1.03 bits per heavy atom. The van der Waals surface area contributed by atoms with Gasteiger partial charge in [-0.25, -0.2) is 9.37 Å². The van der Waals surface area contributed by atoms with Crippen LogP contribution in [-0.4, -0.2) is 32.8 Å². The Bertz CT molecular complexity index is 1500. The zero-order chi connectivity index (χ0) is 25.6. The van der Waals surface area contributed by atoms with Crippen LogP contribution in [-0.2, 0) is 12.2 Å². The van der Waals surface area contributed by atoms with Crippen LogP contribution in [0.4, 0.5) is 10.1 Å². The highest BCUT2D eigenvalue weighted by atomic mass is 32.2. The molecule has 0 saturated heterocycles. The van der Waals surface area contributed by atoms with Crippen molar-refractivity contribution >= 4 is 23.4 Å². The van der Waals surface area contributed by atoms with Gasteiger partial charge in [-0.15, -0.1) is 10.2 Å². The molecule has 5 aromatic rings. The van der Waals surface area contributed by atoms with Crippen LogP contribution in [0.1, 0.15) is 27.8 Å². The molecule has 1 amide bonds. The van der Waals surface area contributed by atoms with E-state index in [1.807, 2.05) is 59.2 Å². The molecule has 0 unspecified atom stereocenters. The van der Waals surface area contributed by atoms with E-state index in [0.29, 0.717) is 23.2 Å². The Morgan fingerprint density at radius 3 is 2.54 bits per heavy atom. The zero-order valence-electron chi connectivity index (χ0n) is 19.8. The fraction of sp³-hybridized carbons (Fsp3) is 0.111. The quantitative estimate of drug-likeness (QED) is 0.258. The number of rotatable bonds is 9. The Kier molecular flexibility index (Phi) is 7.27. The molecule has 5 rings (SSSR count). The smallest absolute Gasteiger partial charge is 0.277 e. The number of hydrogen-bond acceptors (Lipinski definition) is 7. The second-order valence-corrected chi connectivity index (χ2v) is 8.89. The summed E-state index contributed by atoms with van der Waals surface area (Å²) in [7, 11) is 1.62. The Labute approximate surface area is 216 Å². The minimum absolute atomic E-state index is 0.0558. The van der Waals surface area contributed by atoms with Crippen LogP contribution in [0, 0.1) is 5.82 Å². The average Bonchev–Trinajstić information content (AvgIpc) is 3.57. The van der Waals surface area contributed by atoms with Gasteiger partial charge in [-0.2, -0.15) is 0 Å². The number of nitrogens with zero attached hydrogens (tertiary/aromatic N) is 4. The van der Waals surface area contributed by atoms with Crippen LogP contribution in [0.2, 0.25) is 0 Å². The van der Waals surface area contributed by atoms with E-state index in [1.165, 1.54) is 30.2 Å². The van der Waals surface area contributed by atoms with Crippen molar-refractivity contribution in [2.75, 3.05) is 12.4 Å². The number of aromatic nitrogens is 4. The summed E-state index contributed by atoms with van der Waals surface area (Å²) >= 11 is 1.38. The van der Waals surface area contributed by atoms with Crippen LogP contribution in [0.5, 0.6) is 5.75 Å². The summed E-state index contributed by atoms with van der Waals surface area (Å²) in [6.07, 6.45) is 1.85. The molecule has 0 bridgehead atoms. The average molecular weight is 516 g/mol. The number of thioether (sulfide) groups is 1. The predicted octanol–water partition coefficient (Wildman–Crippen LogP) is 5.54. The van der Waals surface area contributed by atoms with Crippen LogP contribution in [0.3, 0.4) is 0 Å². The maximum Gasteiger partial charge on any atom is 0.277 e. The standard InChI is InChI=1S/C27H22FN5O3S/c1-35-20-13-11-19(12-14-20)33-24(15-18-7-3-2-4-8-18)31-32-27(33)37-17-25-29-23(16-36-25)26(34)30-22-10-6-5-9-21(22)28/h2-14,16H,15,17H2,1H3,(H,30,34). The van der Waals surface area contributed by atoms with Gasteiger partial charge in [-0.1, -0.05) is 54.2 Å². The van der Waals surface area contributed by atoms with Crippen molar-refractivity contribution in [3.63, 3.8) is 0 Å². The van der Waals surface area contributed by atoms with Crippen LogP contribution < -0.4 is 10.1 Å². The van der Waals surface area contributed by atoms with E-state index in [4.69, 9.17) is 9.15 Å². The van der Waals surface area contributed by atoms with E-state index in [9.17, 15) is 9.18 Å². The van der Waals surface area contributed by atoms with Crippen molar-refractivity contribution in [1.82, 2.24) is 19.7 Å². The number of ether oxygens (including phenoxy) is 1. The summed E-state index contributed by atoms with van der Waals surface area (Å²) in [5.41, 5.74) is 2.13. The first-order valence-corrected chi connectivity index (χ1v) is 12.3. The highest BCUT2D eigenvalue weighted by molar-refractivity contribution is 7.98. The molecule has 0 aliphatic heterocycles. The number of benzene rings is 3. The van der Waals surface area contributed by atoms with E-state index in [2.05, 4.69) is 20.5 Å². The number of oxazole rings is 1. The molecule has 0 aliphatic carbocycles. The minimum Gasteiger partial charge on any atom is -0.497 e. The molecule has 0 fully saturated rings. The van der Waals surface area contributed by atoms with Gasteiger partial charge in [0, 0.05) is 12.1 Å². The highest BCUT2D eigenvalue weighted by Crippen LogP contribution is 2.27. The number of halogens is 1. The van der Waals surface area contributed by atoms with Crippen molar-refractivity contribution in [3.05, 3.63) is 114 Å². The van der Waals surface area contributed by atoms with E-state index >= 15 is 0 Å². The fourth-order valence-corrected chi connectivity index (χ4v) is 4.46. The SMILES string of the molecule is COc1ccc(-n2c(Cc3ccccc3)nnc2SCc2nc(C(=O)Nc3ccccc3F)co2)cc1. The number of carbonyl (C=O) groups is 1. The number of para-hydroxylation sites is 1. The lowest BCUT2D eigenvalue weighted by Crippen LogP contribution is -2.13. The van der Waals surface area contributed by atoms with Gasteiger partial charge in [0.1, 0.15) is 23.7 Å². The Hall–Kier alpha value is -4.44. The van der Waals surface area contributed by atoms with E-state index in [-0.39, 0.29) is 11.4 Å². The molecule has 37 heavy (non-hydrogen) atoms. The van der Waals surface area contributed by atoms with Gasteiger partial charge in [-0.3, -0.25) is 9.36 Å². The predicted molar refractivity (Wildman–Crippen MR) is 138 cm³/mol. The van der Waals surface area contributed by atoms with E-state index in [1.54, 1.807) is 19.2 Å². The maximum atomic E-state index is 13.9. The number of carbonyl (C=O) groups excluding carboxylic acids is 1. The largest absolute Gasteiger partial charge is 0.497 e. The topological polar surface area (TPSA) is 95.1 Å². The number of nitrogens with one attached hydrogen (secondary N) is 1. The van der Waals surface area contributed by atoms with Gasteiger partial charge in [-0.05, 0) is 42.0 Å². The molecule has 0 atom stereocenters. The van der Waals surface area contributed by atoms with Crippen LogP contribution in [0.25, 0.3) is 5.69 Å². The second kappa shape index (κ2) is 11.1. The third-order valence-electron chi connectivity index (χ3n) is 5.47. The summed E-state index contributed by atoms with van der Waals surface area (Å²) in [5.74, 6) is 1.08. The van der Waals surface area contributed by atoms with Gasteiger partial charge in [0.05, 0.1) is 18.6 Å². The van der Waals surface area contributed by atoms with Crippen molar-refractivity contribution in [2.45, 2.75) is 17.3 Å². The lowest BCUT2D eigenvalue weighted by molar-refractivity contribution is 0.102. The molecule has 0 aliphatic rings. The van der Waals surface area contributed by atoms with Gasteiger partial charge >= 0.3 is 0 Å². The van der Waals surface area contributed by atoms with Crippen LogP contribution in [0.15, 0.2) is 94.7 Å². The summed E-state index contributed by atoms with van der Waals surface area (Å²) in [6.45, 7) is 0. The van der Waals surface area contributed by atoms with Gasteiger partial charge in [0.15, 0.2) is 10.9 Å². The van der Waals surface area contributed by atoms with Crippen LogP contribution >= 0.6 is 11.8 Å². The molecule has 3 aromatic carbocycles. The first-order chi connectivity index (χ1) is 18.1. The Balaban J connectivity index is 1.34. The van der Waals surface area contributed by atoms with Crippen molar-refractivity contribution in [2.24, 2.45) is 0 Å². The molecule has 8 nitrogen and oxygen atoms in total. The second-order valence-electron chi connectivity index (χ2n) is 7.94. The molecule has 186 valence electrons. The molecular weight excluding hydrogens is 493 g/mol. The summed E-state index contributed by atoms with van der Waals surface area (Å²) in [6, 6.07) is 23.6. The lowest BCUT2D eigenvalue weighted by atomic mass is 10.1. The summed E-state index contributed by atoms with van der Waals surface area (Å²) in [4.78, 5) is 16.7. The normalized spacial score (nSPS) is 10.9. The number of amides is 1. The van der Waals surface area contributed by atoms with E-state index < -0.39 is 11.7 Å². The molecule has 0 radical (unpaired) electrons. The minimum atomic E-state index is -0.559. The molecule has 2 heterocycles. The first-order valence-electron chi connectivity index (χ1n) is 11.4. The highest BCUT2D eigenvalue weighted by Gasteiger charge is 2.18. The van der Waals surface area contributed by atoms with Crippen molar-refractivity contribution in [1.29, 1.82) is 0 Å². The summed E-state index contributed by atoms with van der Waals surface area (Å²) < 4.78 is 26.6. The number of hydrogen-bond donors (Lipinski definition) is 1. The Morgan fingerprint density at radius 2 is 1.78 bits per heavy atom. The van der Waals surface area contributed by atoms with Gasteiger partial charge < -0.3 is 14.5 Å². The lowest BCUT2D eigenvalue weighted by Gasteiger charge is -2.11. The third kappa shape index (κ3) is 5.70. The zero-order valence-corrected chi connectivity index (χ0v) is 20.6.